The third-order valence-corrected chi connectivity index (χ3v) is 5.61. The van der Waals surface area contributed by atoms with Crippen molar-refractivity contribution in [2.45, 2.75) is 26.2 Å². The van der Waals surface area contributed by atoms with Crippen molar-refractivity contribution in [2.24, 2.45) is 0 Å². The monoisotopic (exact) mass is 374 g/mol. The summed E-state index contributed by atoms with van der Waals surface area (Å²) in [5, 5.41) is 14.6. The fourth-order valence-corrected chi connectivity index (χ4v) is 4.25. The van der Waals surface area contributed by atoms with Crippen LogP contribution in [0.25, 0.3) is 22.1 Å². The highest BCUT2D eigenvalue weighted by Gasteiger charge is 2.19. The van der Waals surface area contributed by atoms with E-state index < -0.39 is 0 Å². The topological polar surface area (TPSA) is 60.4 Å². The Hall–Kier alpha value is -3.06. The summed E-state index contributed by atoms with van der Waals surface area (Å²) in [5.74, 6) is 0.742. The summed E-state index contributed by atoms with van der Waals surface area (Å²) < 4.78 is 3.90. The van der Waals surface area contributed by atoms with E-state index in [0.29, 0.717) is 0 Å². The van der Waals surface area contributed by atoms with E-state index in [1.165, 1.54) is 5.56 Å². The minimum absolute atomic E-state index is 0.742. The van der Waals surface area contributed by atoms with E-state index in [9.17, 15) is 0 Å². The molecule has 0 bridgehead atoms. The molecule has 0 spiro atoms. The third-order valence-electron chi connectivity index (χ3n) is 4.65. The number of nitrogens with zero attached hydrogens (tertiary/aromatic N) is 6. The van der Waals surface area contributed by atoms with E-state index in [0.717, 1.165) is 52.1 Å². The number of benzene rings is 1. The summed E-state index contributed by atoms with van der Waals surface area (Å²) >= 11 is 1.61. The molecule has 0 aliphatic heterocycles. The van der Waals surface area contributed by atoms with Crippen molar-refractivity contribution in [3.63, 3.8) is 0 Å². The van der Waals surface area contributed by atoms with Gasteiger partial charge >= 0.3 is 0 Å². The molecule has 0 aliphatic carbocycles. The van der Waals surface area contributed by atoms with Crippen LogP contribution in [0.4, 0.5) is 0 Å². The van der Waals surface area contributed by atoms with Crippen molar-refractivity contribution < 1.29 is 0 Å². The Balaban J connectivity index is 1.44. The molecule has 0 amide bonds. The summed E-state index contributed by atoms with van der Waals surface area (Å²) in [5.41, 5.74) is 4.14. The number of fused-ring (bicyclic) bond motifs is 2. The molecule has 0 N–H and O–H groups in total. The van der Waals surface area contributed by atoms with Gasteiger partial charge in [0.15, 0.2) is 0 Å². The highest BCUT2D eigenvalue weighted by Crippen LogP contribution is 2.26. The summed E-state index contributed by atoms with van der Waals surface area (Å²) in [4.78, 5) is 5.45. The molecule has 0 saturated carbocycles. The zero-order valence-electron chi connectivity index (χ0n) is 14.9. The zero-order chi connectivity index (χ0) is 18.2. The van der Waals surface area contributed by atoms with Crippen LogP contribution in [0.3, 0.4) is 0 Å². The van der Waals surface area contributed by atoms with E-state index in [4.69, 9.17) is 5.10 Å². The molecule has 0 fully saturated rings. The number of aromatic nitrogens is 6. The second-order valence-corrected chi connectivity index (χ2v) is 7.57. The second-order valence-electron chi connectivity index (χ2n) is 6.53. The van der Waals surface area contributed by atoms with Gasteiger partial charge in [0.25, 0.3) is 0 Å². The van der Waals surface area contributed by atoms with Gasteiger partial charge in [-0.3, -0.25) is 4.40 Å². The van der Waals surface area contributed by atoms with Crippen molar-refractivity contribution in [3.8, 4) is 11.5 Å². The average molecular weight is 374 g/mol. The molecule has 27 heavy (non-hydrogen) atoms. The minimum atomic E-state index is 0.742. The van der Waals surface area contributed by atoms with Crippen LogP contribution in [-0.2, 0) is 12.8 Å². The predicted molar refractivity (Wildman–Crippen MR) is 106 cm³/mol. The average Bonchev–Trinajstić information content (AvgIpc) is 3.34. The first kappa shape index (κ1) is 16.1. The molecule has 0 unspecified atom stereocenters. The SMILES string of the molecule is Cc1nc2ccccn2c1-c1nnc2sc(CCCc3ccccc3)nn12. The van der Waals surface area contributed by atoms with Gasteiger partial charge in [0.2, 0.25) is 10.8 Å². The molecule has 7 heteroatoms. The Bertz CT molecular complexity index is 1220. The molecule has 4 aromatic heterocycles. The number of aryl methyl sites for hydroxylation is 3. The highest BCUT2D eigenvalue weighted by atomic mass is 32.1. The molecule has 4 heterocycles. The summed E-state index contributed by atoms with van der Waals surface area (Å²) in [6.07, 6.45) is 5.06. The second kappa shape index (κ2) is 6.59. The van der Waals surface area contributed by atoms with Gasteiger partial charge in [-0.1, -0.05) is 47.7 Å². The normalized spacial score (nSPS) is 11.6. The van der Waals surface area contributed by atoms with Crippen LogP contribution in [0.2, 0.25) is 0 Å². The highest BCUT2D eigenvalue weighted by molar-refractivity contribution is 7.16. The summed E-state index contributed by atoms with van der Waals surface area (Å²) in [6.45, 7) is 2.00. The molecule has 1 aromatic carbocycles. The summed E-state index contributed by atoms with van der Waals surface area (Å²) in [7, 11) is 0. The summed E-state index contributed by atoms with van der Waals surface area (Å²) in [6, 6.07) is 16.5. The number of imidazole rings is 1. The van der Waals surface area contributed by atoms with Crippen LogP contribution < -0.4 is 0 Å². The molecule has 0 saturated heterocycles. The molecule has 0 atom stereocenters. The number of hydrogen-bond acceptors (Lipinski definition) is 5. The lowest BCUT2D eigenvalue weighted by Gasteiger charge is -2.00. The number of hydrogen-bond donors (Lipinski definition) is 0. The van der Waals surface area contributed by atoms with E-state index in [1.807, 2.05) is 40.2 Å². The fraction of sp³-hybridized carbons (Fsp3) is 0.200. The Kier molecular flexibility index (Phi) is 3.94. The van der Waals surface area contributed by atoms with Crippen molar-refractivity contribution >= 4 is 21.9 Å². The van der Waals surface area contributed by atoms with Gasteiger partial charge in [-0.15, -0.1) is 10.2 Å². The maximum atomic E-state index is 4.78. The Labute approximate surface area is 160 Å². The van der Waals surface area contributed by atoms with Crippen LogP contribution in [-0.4, -0.2) is 29.2 Å². The molecule has 0 aliphatic rings. The van der Waals surface area contributed by atoms with Crippen molar-refractivity contribution in [1.29, 1.82) is 0 Å². The van der Waals surface area contributed by atoms with Crippen LogP contribution >= 0.6 is 11.3 Å². The van der Waals surface area contributed by atoms with Crippen LogP contribution in [0, 0.1) is 6.92 Å². The van der Waals surface area contributed by atoms with Gasteiger partial charge in [-0.2, -0.15) is 9.61 Å². The first-order valence-electron chi connectivity index (χ1n) is 8.99. The minimum Gasteiger partial charge on any atom is -0.297 e. The molecular weight excluding hydrogens is 356 g/mol. The van der Waals surface area contributed by atoms with E-state index in [1.54, 1.807) is 11.3 Å². The maximum absolute atomic E-state index is 4.78. The molecule has 134 valence electrons. The lowest BCUT2D eigenvalue weighted by Crippen LogP contribution is -1.97. The van der Waals surface area contributed by atoms with Gasteiger partial charge in [-0.05, 0) is 37.5 Å². The van der Waals surface area contributed by atoms with Gasteiger partial charge in [0, 0.05) is 12.6 Å². The molecule has 6 nitrogen and oxygen atoms in total. The van der Waals surface area contributed by atoms with Crippen molar-refractivity contribution in [2.75, 3.05) is 0 Å². The van der Waals surface area contributed by atoms with Crippen molar-refractivity contribution in [1.82, 2.24) is 29.2 Å². The molecular formula is C20H18N6S. The number of pyridine rings is 1. The first-order valence-corrected chi connectivity index (χ1v) is 9.80. The van der Waals surface area contributed by atoms with Crippen LogP contribution in [0.15, 0.2) is 54.7 Å². The first-order chi connectivity index (χ1) is 13.3. The van der Waals surface area contributed by atoms with Gasteiger partial charge in [0.05, 0.1) is 5.69 Å². The Morgan fingerprint density at radius 1 is 0.963 bits per heavy atom. The lowest BCUT2D eigenvalue weighted by atomic mass is 10.1. The maximum Gasteiger partial charge on any atom is 0.235 e. The quantitative estimate of drug-likeness (QED) is 0.467. The fourth-order valence-electron chi connectivity index (χ4n) is 3.38. The van der Waals surface area contributed by atoms with Gasteiger partial charge in [-0.25, -0.2) is 4.98 Å². The van der Waals surface area contributed by atoms with Gasteiger partial charge < -0.3 is 0 Å². The van der Waals surface area contributed by atoms with E-state index in [2.05, 4.69) is 45.5 Å². The van der Waals surface area contributed by atoms with Gasteiger partial charge in [0.1, 0.15) is 16.3 Å². The van der Waals surface area contributed by atoms with Crippen LogP contribution in [0.1, 0.15) is 22.7 Å². The van der Waals surface area contributed by atoms with Crippen LogP contribution in [0.5, 0.6) is 0 Å². The predicted octanol–water partition coefficient (Wildman–Crippen LogP) is 3.98. The third kappa shape index (κ3) is 2.90. The van der Waals surface area contributed by atoms with E-state index in [-0.39, 0.29) is 0 Å². The zero-order valence-corrected chi connectivity index (χ0v) is 15.7. The molecule has 5 aromatic rings. The largest absolute Gasteiger partial charge is 0.297 e. The molecule has 5 rings (SSSR count). The Morgan fingerprint density at radius 3 is 2.70 bits per heavy atom. The Morgan fingerprint density at radius 2 is 1.81 bits per heavy atom. The van der Waals surface area contributed by atoms with Crippen molar-refractivity contribution in [3.05, 3.63) is 71.0 Å². The molecule has 0 radical (unpaired) electrons. The smallest absolute Gasteiger partial charge is 0.235 e. The van der Waals surface area contributed by atoms with E-state index >= 15 is 0 Å². The lowest BCUT2D eigenvalue weighted by molar-refractivity contribution is 0.788. The number of rotatable bonds is 5. The standard InChI is InChI=1S/C20H18N6S/c1-14-18(25-13-6-5-11-16(25)21-14)19-22-23-20-26(19)24-17(27-20)12-7-10-15-8-3-2-4-9-15/h2-6,8-9,11,13H,7,10,12H2,1H3.